The fourth-order valence-corrected chi connectivity index (χ4v) is 4.94. The molecule has 2 aliphatic rings. The molecule has 0 saturated carbocycles. The van der Waals surface area contributed by atoms with Crippen molar-refractivity contribution in [3.63, 3.8) is 0 Å². The molecular formula is C32H41FN6O5. The molecule has 3 amide bonds. The third-order valence-corrected chi connectivity index (χ3v) is 7.40. The Bertz CT molecular complexity index is 1440. The van der Waals surface area contributed by atoms with Crippen LogP contribution in [0, 0.1) is 5.82 Å². The van der Waals surface area contributed by atoms with Gasteiger partial charge in [0.25, 0.3) is 5.91 Å². The number of halogens is 1. The van der Waals surface area contributed by atoms with Crippen LogP contribution in [0.3, 0.4) is 0 Å². The predicted molar refractivity (Wildman–Crippen MR) is 163 cm³/mol. The third-order valence-electron chi connectivity index (χ3n) is 7.40. The van der Waals surface area contributed by atoms with Crippen molar-refractivity contribution in [2.24, 2.45) is 0 Å². The smallest absolute Gasteiger partial charge is 0.251 e. The van der Waals surface area contributed by atoms with Crippen molar-refractivity contribution >= 4 is 17.7 Å². The van der Waals surface area contributed by atoms with Gasteiger partial charge in [-0.3, -0.25) is 24.0 Å². The number of carbonyl (C=O) groups is 3. The third kappa shape index (κ3) is 9.03. The van der Waals surface area contributed by atoms with E-state index in [1.807, 2.05) is 30.9 Å². The normalized spacial score (nSPS) is 17.7. The Hall–Kier alpha value is -4.45. The van der Waals surface area contributed by atoms with Gasteiger partial charge < -0.3 is 25.4 Å². The maximum Gasteiger partial charge on any atom is 0.251 e. The summed E-state index contributed by atoms with van der Waals surface area (Å²) in [5, 5.41) is 12.9. The fourth-order valence-electron chi connectivity index (χ4n) is 4.94. The van der Waals surface area contributed by atoms with Crippen LogP contribution < -0.4 is 25.4 Å². The van der Waals surface area contributed by atoms with Gasteiger partial charge in [0.1, 0.15) is 6.04 Å². The van der Waals surface area contributed by atoms with Gasteiger partial charge in [-0.15, -0.1) is 0 Å². The lowest BCUT2D eigenvalue weighted by Crippen LogP contribution is -2.46. The first-order chi connectivity index (χ1) is 21.3. The molecule has 12 heteroatoms. The summed E-state index contributed by atoms with van der Waals surface area (Å²) in [6.07, 6.45) is 5.80. The molecule has 3 aromatic rings. The summed E-state index contributed by atoms with van der Waals surface area (Å²) >= 11 is 0. The Morgan fingerprint density at radius 2 is 1.86 bits per heavy atom. The van der Waals surface area contributed by atoms with E-state index in [-0.39, 0.29) is 42.2 Å². The molecule has 0 unspecified atom stereocenters. The van der Waals surface area contributed by atoms with Crippen molar-refractivity contribution < 1.29 is 28.2 Å². The summed E-state index contributed by atoms with van der Waals surface area (Å²) in [5.41, 5.74) is 1.93. The van der Waals surface area contributed by atoms with Crippen LogP contribution in [0.2, 0.25) is 0 Å². The summed E-state index contributed by atoms with van der Waals surface area (Å²) in [4.78, 5) is 40.8. The number of aryl methyl sites for hydroxylation is 1. The first kappa shape index (κ1) is 32.5. The molecule has 5 rings (SSSR count). The molecule has 3 N–H and O–H groups in total. The molecular weight excluding hydrogens is 567 g/mol. The van der Waals surface area contributed by atoms with Crippen molar-refractivity contribution in [1.29, 1.82) is 0 Å². The van der Waals surface area contributed by atoms with Crippen LogP contribution in [0.25, 0.3) is 0 Å². The second kappa shape index (κ2) is 15.9. The average molecular weight is 609 g/mol. The van der Waals surface area contributed by atoms with E-state index >= 15 is 4.39 Å². The monoisotopic (exact) mass is 608 g/mol. The highest BCUT2D eigenvalue weighted by atomic mass is 19.1. The number of nitrogens with one attached hydrogen (secondary N) is 3. The number of ether oxygens (including phenoxy) is 2. The molecule has 2 aliphatic heterocycles. The first-order valence-corrected chi connectivity index (χ1v) is 15.0. The molecule has 0 spiro atoms. The second-order valence-electron chi connectivity index (χ2n) is 10.7. The number of carbonyl (C=O) groups excluding carboxylic acids is 3. The number of hydrogen-bond acceptors (Lipinski definition) is 7. The molecule has 1 atom stereocenters. The SMILES string of the molecule is CC[C@@H]1NC(=O)CCCN(Cc2cnn(CC)c2)CCCNC(=O)c2ccc(OC)c(c2)Oc2ccc(cc2F)CNC1=O. The maximum atomic E-state index is 15.0. The molecule has 0 fully saturated rings. The van der Waals surface area contributed by atoms with E-state index in [9.17, 15) is 14.4 Å². The van der Waals surface area contributed by atoms with E-state index in [1.165, 1.54) is 25.3 Å². The molecule has 3 heterocycles. The quantitative estimate of drug-likeness (QED) is 0.403. The molecule has 0 saturated heterocycles. The van der Waals surface area contributed by atoms with E-state index in [0.717, 1.165) is 12.1 Å². The van der Waals surface area contributed by atoms with Gasteiger partial charge in [-0.1, -0.05) is 13.0 Å². The van der Waals surface area contributed by atoms with Crippen molar-refractivity contribution in [3.05, 3.63) is 71.3 Å². The first-order valence-electron chi connectivity index (χ1n) is 15.0. The van der Waals surface area contributed by atoms with Crippen molar-refractivity contribution in [1.82, 2.24) is 30.6 Å². The number of rotatable bonds is 5. The topological polar surface area (TPSA) is 127 Å². The lowest BCUT2D eigenvalue weighted by molar-refractivity contribution is -0.129. The van der Waals surface area contributed by atoms with Gasteiger partial charge in [0, 0.05) is 56.5 Å². The second-order valence-corrected chi connectivity index (χ2v) is 10.7. The van der Waals surface area contributed by atoms with Gasteiger partial charge in [-0.2, -0.15) is 5.10 Å². The minimum absolute atomic E-state index is 0.0578. The molecule has 4 bridgehead atoms. The van der Waals surface area contributed by atoms with E-state index < -0.39 is 11.9 Å². The van der Waals surface area contributed by atoms with Crippen LogP contribution in [0.5, 0.6) is 17.2 Å². The van der Waals surface area contributed by atoms with Crippen LogP contribution in [0.15, 0.2) is 48.8 Å². The Kier molecular flexibility index (Phi) is 11.7. The molecule has 44 heavy (non-hydrogen) atoms. The Labute approximate surface area is 257 Å². The minimum atomic E-state index is -0.698. The summed E-state index contributed by atoms with van der Waals surface area (Å²) in [5.74, 6) is -0.998. The minimum Gasteiger partial charge on any atom is -0.493 e. The molecule has 0 radical (unpaired) electrons. The number of amides is 3. The molecule has 11 nitrogen and oxygen atoms in total. The molecule has 0 aliphatic carbocycles. The van der Waals surface area contributed by atoms with Crippen molar-refractivity contribution in [2.75, 3.05) is 26.7 Å². The van der Waals surface area contributed by atoms with Crippen LogP contribution in [-0.2, 0) is 29.2 Å². The Morgan fingerprint density at radius 1 is 1.05 bits per heavy atom. The summed E-state index contributed by atoms with van der Waals surface area (Å²) in [6, 6.07) is 8.40. The number of aromatic nitrogens is 2. The van der Waals surface area contributed by atoms with E-state index in [4.69, 9.17) is 9.47 Å². The van der Waals surface area contributed by atoms with Gasteiger partial charge >= 0.3 is 0 Å². The van der Waals surface area contributed by atoms with Crippen LogP contribution >= 0.6 is 0 Å². The number of hydrogen-bond donors (Lipinski definition) is 3. The zero-order chi connectivity index (χ0) is 31.5. The standard InChI is InChI=1S/C32H41FN6O5/c1-4-26-32(42)35-18-22-9-11-27(25(33)16-22)44-29-17-24(10-12-28(29)43-3)31(41)34-13-7-15-38(14-6-8-30(40)37-26)20-23-19-36-39(5-2)21-23/h9-12,16-17,19,21,26H,4-8,13-15,18,20H2,1-3H3,(H,34,41)(H,35,42)(H,37,40)/t26-/m0/s1. The predicted octanol–water partition coefficient (Wildman–Crippen LogP) is 3.77. The summed E-state index contributed by atoms with van der Waals surface area (Å²) in [7, 11) is 1.46. The largest absolute Gasteiger partial charge is 0.493 e. The molecule has 2 aromatic carbocycles. The highest BCUT2D eigenvalue weighted by molar-refractivity contribution is 5.95. The Morgan fingerprint density at radius 3 is 2.59 bits per heavy atom. The fraction of sp³-hybridized carbons (Fsp3) is 0.438. The van der Waals surface area contributed by atoms with E-state index in [2.05, 4.69) is 25.9 Å². The van der Waals surface area contributed by atoms with Crippen LogP contribution in [0.4, 0.5) is 4.39 Å². The van der Waals surface area contributed by atoms with Gasteiger partial charge in [-0.25, -0.2) is 4.39 Å². The van der Waals surface area contributed by atoms with Gasteiger partial charge in [0.2, 0.25) is 11.8 Å². The highest BCUT2D eigenvalue weighted by Gasteiger charge is 2.20. The number of benzene rings is 2. The highest BCUT2D eigenvalue weighted by Crippen LogP contribution is 2.34. The molecule has 1 aromatic heterocycles. The lowest BCUT2D eigenvalue weighted by Gasteiger charge is -2.22. The van der Waals surface area contributed by atoms with E-state index in [0.29, 0.717) is 62.3 Å². The maximum absolute atomic E-state index is 15.0. The zero-order valence-corrected chi connectivity index (χ0v) is 25.5. The number of fused-ring (bicyclic) bond motifs is 16. The summed E-state index contributed by atoms with van der Waals surface area (Å²) in [6.45, 7) is 7.12. The van der Waals surface area contributed by atoms with Crippen LogP contribution in [-0.4, -0.2) is 65.2 Å². The average Bonchev–Trinajstić information content (AvgIpc) is 3.48. The summed E-state index contributed by atoms with van der Waals surface area (Å²) < 4.78 is 28.1. The zero-order valence-electron chi connectivity index (χ0n) is 25.5. The van der Waals surface area contributed by atoms with Crippen molar-refractivity contribution in [2.45, 2.75) is 65.2 Å². The number of nitrogens with zero attached hydrogens (tertiary/aromatic N) is 3. The van der Waals surface area contributed by atoms with E-state index in [1.54, 1.807) is 18.2 Å². The van der Waals surface area contributed by atoms with Gasteiger partial charge in [0.15, 0.2) is 23.1 Å². The van der Waals surface area contributed by atoms with Gasteiger partial charge in [0.05, 0.1) is 13.3 Å². The van der Waals surface area contributed by atoms with Crippen molar-refractivity contribution in [3.8, 4) is 17.2 Å². The number of methoxy groups -OCH3 is 1. The van der Waals surface area contributed by atoms with Gasteiger partial charge in [-0.05, 0) is 68.6 Å². The molecule has 236 valence electrons. The van der Waals surface area contributed by atoms with Crippen LogP contribution in [0.1, 0.15) is 61.0 Å². The lowest BCUT2D eigenvalue weighted by atomic mass is 10.1. The Balaban J connectivity index is 1.53.